The largest absolute Gasteiger partial charge is 0.383 e. The summed E-state index contributed by atoms with van der Waals surface area (Å²) in [4.78, 5) is 2.42. The third-order valence-electron chi connectivity index (χ3n) is 3.32. The first-order valence-corrected chi connectivity index (χ1v) is 6.85. The molecule has 96 valence electrons. The first-order chi connectivity index (χ1) is 7.93. The van der Waals surface area contributed by atoms with Gasteiger partial charge >= 0.3 is 0 Å². The van der Waals surface area contributed by atoms with Crippen molar-refractivity contribution < 1.29 is 4.74 Å². The van der Waals surface area contributed by atoms with Crippen LogP contribution in [0.4, 0.5) is 0 Å². The van der Waals surface area contributed by atoms with Gasteiger partial charge in [-0.1, -0.05) is 38.5 Å². The van der Waals surface area contributed by atoms with Gasteiger partial charge in [0.2, 0.25) is 0 Å². The smallest absolute Gasteiger partial charge is 0.0589 e. The molecule has 0 spiro atoms. The molecule has 0 atom stereocenters. The van der Waals surface area contributed by atoms with Gasteiger partial charge in [0.1, 0.15) is 0 Å². The van der Waals surface area contributed by atoms with Crippen LogP contribution in [0, 0.1) is 0 Å². The van der Waals surface area contributed by atoms with E-state index in [1.54, 1.807) is 7.11 Å². The highest BCUT2D eigenvalue weighted by Gasteiger charge is 2.07. The van der Waals surface area contributed by atoms with E-state index >= 15 is 0 Å². The Kier molecular flexibility index (Phi) is 8.77. The van der Waals surface area contributed by atoms with Gasteiger partial charge in [-0.15, -0.1) is 0 Å². The van der Waals surface area contributed by atoms with Crippen molar-refractivity contribution in [2.75, 3.05) is 46.4 Å². The van der Waals surface area contributed by atoms with Crippen molar-refractivity contribution in [1.82, 2.24) is 10.2 Å². The van der Waals surface area contributed by atoms with Gasteiger partial charge < -0.3 is 10.1 Å². The first-order valence-electron chi connectivity index (χ1n) is 6.85. The third-order valence-corrected chi connectivity index (χ3v) is 3.32. The molecule has 1 saturated carbocycles. The average Bonchev–Trinajstić information content (AvgIpc) is 2.40. The van der Waals surface area contributed by atoms with E-state index in [2.05, 4.69) is 10.2 Å². The van der Waals surface area contributed by atoms with Crippen LogP contribution in [0.3, 0.4) is 0 Å². The van der Waals surface area contributed by atoms with Gasteiger partial charge in [0.15, 0.2) is 0 Å². The van der Waals surface area contributed by atoms with Crippen molar-refractivity contribution in [3.63, 3.8) is 0 Å². The highest BCUT2D eigenvalue weighted by Crippen LogP contribution is 2.15. The minimum atomic E-state index is 0.861. The van der Waals surface area contributed by atoms with Crippen molar-refractivity contribution >= 4 is 0 Å². The molecule has 0 aromatic heterocycles. The molecule has 1 aliphatic carbocycles. The third kappa shape index (κ3) is 7.20. The molecule has 1 aliphatic heterocycles. The molecular weight excluding hydrogens is 200 g/mol. The molecule has 3 nitrogen and oxygen atoms in total. The zero-order valence-electron chi connectivity index (χ0n) is 10.8. The fourth-order valence-electron chi connectivity index (χ4n) is 2.22. The summed E-state index contributed by atoms with van der Waals surface area (Å²) in [6.07, 6.45) is 9.00. The number of nitrogens with zero attached hydrogens (tertiary/aromatic N) is 1. The second kappa shape index (κ2) is 10.1. The van der Waals surface area contributed by atoms with Crippen LogP contribution in [0.1, 0.15) is 38.5 Å². The summed E-state index contributed by atoms with van der Waals surface area (Å²) in [6, 6.07) is 0. The van der Waals surface area contributed by atoms with E-state index in [0.717, 1.165) is 26.2 Å². The lowest BCUT2D eigenvalue weighted by molar-refractivity contribution is 0.139. The van der Waals surface area contributed by atoms with Gasteiger partial charge in [-0.2, -0.15) is 0 Å². The van der Waals surface area contributed by atoms with E-state index in [-0.39, 0.29) is 0 Å². The fourth-order valence-corrected chi connectivity index (χ4v) is 2.22. The number of piperazine rings is 1. The molecule has 1 N–H and O–H groups in total. The van der Waals surface area contributed by atoms with E-state index in [1.807, 2.05) is 0 Å². The number of nitrogens with one attached hydrogen (secondary N) is 1. The molecular formula is C13H28N2O. The maximum Gasteiger partial charge on any atom is 0.0589 e. The Morgan fingerprint density at radius 3 is 1.88 bits per heavy atom. The molecule has 1 saturated heterocycles. The van der Waals surface area contributed by atoms with Gasteiger partial charge in [-0.3, -0.25) is 4.90 Å². The van der Waals surface area contributed by atoms with Gasteiger partial charge in [0.25, 0.3) is 0 Å². The number of methoxy groups -OCH3 is 1. The zero-order chi connectivity index (χ0) is 11.5. The molecule has 1 heterocycles. The van der Waals surface area contributed by atoms with Crippen molar-refractivity contribution in [1.29, 1.82) is 0 Å². The standard InChI is InChI=1S/C7H16N2O.C6H12/c1-10-7-6-9-4-2-8-3-5-9;1-2-4-6-5-3-1/h8H,2-7H2,1H3;1-6H2. The summed E-state index contributed by atoms with van der Waals surface area (Å²) in [5, 5.41) is 3.31. The second-order valence-electron chi connectivity index (χ2n) is 4.71. The Bertz CT molecular complexity index is 131. The normalized spacial score (nSPS) is 22.3. The van der Waals surface area contributed by atoms with Crippen molar-refractivity contribution in [2.24, 2.45) is 0 Å². The Labute approximate surface area is 101 Å². The molecule has 2 aliphatic rings. The van der Waals surface area contributed by atoms with Crippen LogP contribution < -0.4 is 5.32 Å². The lowest BCUT2D eigenvalue weighted by atomic mass is 10.0. The molecule has 16 heavy (non-hydrogen) atoms. The van der Waals surface area contributed by atoms with Crippen LogP contribution in [0.15, 0.2) is 0 Å². The minimum Gasteiger partial charge on any atom is -0.383 e. The molecule has 2 fully saturated rings. The second-order valence-corrected chi connectivity index (χ2v) is 4.71. The summed E-state index contributed by atoms with van der Waals surface area (Å²) < 4.78 is 4.98. The van der Waals surface area contributed by atoms with E-state index in [4.69, 9.17) is 4.74 Å². The van der Waals surface area contributed by atoms with Gasteiger partial charge in [0, 0.05) is 39.8 Å². The monoisotopic (exact) mass is 228 g/mol. The van der Waals surface area contributed by atoms with Crippen LogP contribution >= 0.6 is 0 Å². The van der Waals surface area contributed by atoms with Gasteiger partial charge in [-0.25, -0.2) is 0 Å². The summed E-state index contributed by atoms with van der Waals surface area (Å²) in [5.74, 6) is 0. The lowest BCUT2D eigenvalue weighted by Gasteiger charge is -2.26. The van der Waals surface area contributed by atoms with Crippen LogP contribution in [-0.2, 0) is 4.74 Å². The zero-order valence-corrected chi connectivity index (χ0v) is 10.8. The predicted octanol–water partition coefficient (Wildman–Crippen LogP) is 1.88. The Balaban J connectivity index is 0.000000181. The van der Waals surface area contributed by atoms with E-state index < -0.39 is 0 Å². The fraction of sp³-hybridized carbons (Fsp3) is 1.00. The Morgan fingerprint density at radius 1 is 0.938 bits per heavy atom. The molecule has 0 aromatic rings. The highest BCUT2D eigenvalue weighted by atomic mass is 16.5. The minimum absolute atomic E-state index is 0.861. The van der Waals surface area contributed by atoms with Crippen molar-refractivity contribution in [3.8, 4) is 0 Å². The number of ether oxygens (including phenoxy) is 1. The average molecular weight is 228 g/mol. The van der Waals surface area contributed by atoms with Crippen molar-refractivity contribution in [2.45, 2.75) is 38.5 Å². The van der Waals surface area contributed by atoms with Crippen LogP contribution in [0.5, 0.6) is 0 Å². The van der Waals surface area contributed by atoms with E-state index in [0.29, 0.717) is 0 Å². The van der Waals surface area contributed by atoms with E-state index in [1.165, 1.54) is 51.6 Å². The SMILES string of the molecule is C1CCCCC1.COCCN1CCNCC1. The quantitative estimate of drug-likeness (QED) is 0.798. The number of hydrogen-bond donors (Lipinski definition) is 1. The summed E-state index contributed by atoms with van der Waals surface area (Å²) in [5.41, 5.74) is 0. The summed E-state index contributed by atoms with van der Waals surface area (Å²) in [6.45, 7) is 6.54. The van der Waals surface area contributed by atoms with Crippen LogP contribution in [0.2, 0.25) is 0 Å². The molecule has 0 amide bonds. The molecule has 0 radical (unpaired) electrons. The van der Waals surface area contributed by atoms with Gasteiger partial charge in [0.05, 0.1) is 6.61 Å². The maximum atomic E-state index is 4.98. The van der Waals surface area contributed by atoms with Crippen LogP contribution in [0.25, 0.3) is 0 Å². The molecule has 0 aromatic carbocycles. The topological polar surface area (TPSA) is 24.5 Å². The maximum absolute atomic E-state index is 4.98. The van der Waals surface area contributed by atoms with Gasteiger partial charge in [-0.05, 0) is 0 Å². The summed E-state index contributed by atoms with van der Waals surface area (Å²) in [7, 11) is 1.75. The molecule has 0 unspecified atom stereocenters. The first kappa shape index (κ1) is 13.9. The highest BCUT2D eigenvalue weighted by molar-refractivity contribution is 4.66. The number of hydrogen-bond acceptors (Lipinski definition) is 3. The Morgan fingerprint density at radius 2 is 1.44 bits per heavy atom. The molecule has 2 rings (SSSR count). The van der Waals surface area contributed by atoms with Crippen molar-refractivity contribution in [3.05, 3.63) is 0 Å². The molecule has 3 heteroatoms. The summed E-state index contributed by atoms with van der Waals surface area (Å²) >= 11 is 0. The lowest BCUT2D eigenvalue weighted by Crippen LogP contribution is -2.44. The van der Waals surface area contributed by atoms with Crippen LogP contribution in [-0.4, -0.2) is 51.3 Å². The Hall–Kier alpha value is -0.120. The number of rotatable bonds is 3. The molecule has 0 bridgehead atoms. The predicted molar refractivity (Wildman–Crippen MR) is 68.9 cm³/mol. The van der Waals surface area contributed by atoms with E-state index in [9.17, 15) is 0 Å².